The second-order valence-corrected chi connectivity index (χ2v) is 1.77. The molecule has 0 radical (unpaired) electrons. The van der Waals surface area contributed by atoms with Crippen LogP contribution in [0.25, 0.3) is 0 Å². The summed E-state index contributed by atoms with van der Waals surface area (Å²) in [5.74, 6) is 2.49. The number of hydrogen-bond donors (Lipinski definition) is 2. The van der Waals surface area contributed by atoms with E-state index in [2.05, 4.69) is 5.92 Å². The van der Waals surface area contributed by atoms with E-state index in [-0.39, 0.29) is 6.15 Å². The predicted octanol–water partition coefficient (Wildman–Crippen LogP) is 1.41. The molecule has 0 saturated carbocycles. The summed E-state index contributed by atoms with van der Waals surface area (Å²) in [4.78, 5) is 0. The minimum Gasteiger partial charge on any atom is -0.399 e. The molecule has 0 bridgehead atoms. The molecule has 5 N–H and O–H groups in total. The second kappa shape index (κ2) is 3.54. The molecule has 0 aliphatic rings. The van der Waals surface area contributed by atoms with Crippen LogP contribution in [0.3, 0.4) is 0 Å². The maximum absolute atomic E-state index is 5.44. The van der Waals surface area contributed by atoms with Crippen molar-refractivity contribution in [1.82, 2.24) is 6.15 Å². The van der Waals surface area contributed by atoms with Gasteiger partial charge in [0.05, 0.1) is 0 Å². The normalized spacial score (nSPS) is 7.50. The molecule has 1 aromatic rings. The third kappa shape index (κ3) is 1.81. The van der Waals surface area contributed by atoms with Crippen LogP contribution in [0.4, 0.5) is 5.69 Å². The van der Waals surface area contributed by atoms with Crippen molar-refractivity contribution in [3.8, 4) is 12.3 Å². The Morgan fingerprint density at radius 2 is 2.10 bits per heavy atom. The van der Waals surface area contributed by atoms with Gasteiger partial charge in [0.15, 0.2) is 0 Å². The monoisotopic (exact) mass is 134 g/mol. The smallest absolute Gasteiger partial charge is 0.0326 e. The quantitative estimate of drug-likeness (QED) is 0.416. The maximum Gasteiger partial charge on any atom is 0.0326 e. The van der Waals surface area contributed by atoms with Crippen LogP contribution in [0.2, 0.25) is 0 Å². The van der Waals surface area contributed by atoms with Crippen LogP contribution in [-0.4, -0.2) is 0 Å². The Bertz CT molecular complexity index is 248. The number of nitrogens with two attached hydrogens (primary N) is 1. The Morgan fingerprint density at radius 1 is 1.40 bits per heavy atom. The van der Waals surface area contributed by atoms with Gasteiger partial charge in [-0.15, -0.1) is 6.42 Å². The Morgan fingerprint density at radius 3 is 2.50 bits per heavy atom. The average Bonchev–Trinajstić information content (AvgIpc) is 1.88. The highest BCUT2D eigenvalue weighted by Crippen LogP contribution is 2.03. The summed E-state index contributed by atoms with van der Waals surface area (Å²) in [7, 11) is 0. The van der Waals surface area contributed by atoms with Crippen LogP contribution < -0.4 is 11.9 Å². The van der Waals surface area contributed by atoms with E-state index in [1.807, 2.05) is 12.1 Å². The summed E-state index contributed by atoms with van der Waals surface area (Å²) in [6.07, 6.45) is 5.11. The molecule has 10 heavy (non-hydrogen) atoms. The Balaban J connectivity index is 0.000000810. The van der Waals surface area contributed by atoms with E-state index < -0.39 is 0 Å². The van der Waals surface area contributed by atoms with Crippen molar-refractivity contribution in [2.45, 2.75) is 0 Å². The molecule has 0 aliphatic carbocycles. The number of rotatable bonds is 0. The molecular formula is C8H10N2. The lowest BCUT2D eigenvalue weighted by Gasteiger charge is -1.90. The fraction of sp³-hybridized carbons (Fsp3) is 0. The summed E-state index contributed by atoms with van der Waals surface area (Å²) in [5, 5.41) is 0. The van der Waals surface area contributed by atoms with Crippen LogP contribution in [0.15, 0.2) is 24.3 Å². The first-order valence-electron chi connectivity index (χ1n) is 2.65. The van der Waals surface area contributed by atoms with Crippen molar-refractivity contribution in [3.63, 3.8) is 0 Å². The summed E-state index contributed by atoms with van der Waals surface area (Å²) < 4.78 is 0. The number of hydrogen-bond acceptors (Lipinski definition) is 2. The van der Waals surface area contributed by atoms with Gasteiger partial charge in [-0.3, -0.25) is 0 Å². The summed E-state index contributed by atoms with van der Waals surface area (Å²) in [5.41, 5.74) is 6.98. The highest BCUT2D eigenvalue weighted by molar-refractivity contribution is 5.46. The number of nitrogen functional groups attached to an aromatic ring is 1. The van der Waals surface area contributed by atoms with E-state index in [1.54, 1.807) is 12.1 Å². The van der Waals surface area contributed by atoms with Crippen LogP contribution in [-0.2, 0) is 0 Å². The molecule has 1 aromatic carbocycles. The van der Waals surface area contributed by atoms with E-state index in [9.17, 15) is 0 Å². The third-order valence-electron chi connectivity index (χ3n) is 1.05. The Labute approximate surface area is 60.6 Å². The van der Waals surface area contributed by atoms with Gasteiger partial charge in [0.25, 0.3) is 0 Å². The van der Waals surface area contributed by atoms with Crippen molar-refractivity contribution in [2.75, 3.05) is 5.73 Å². The van der Waals surface area contributed by atoms with Gasteiger partial charge in [0.2, 0.25) is 0 Å². The van der Waals surface area contributed by atoms with Gasteiger partial charge in [-0.1, -0.05) is 12.0 Å². The maximum atomic E-state index is 5.44. The summed E-state index contributed by atoms with van der Waals surface area (Å²) >= 11 is 0. The predicted molar refractivity (Wildman–Crippen MR) is 43.8 cm³/mol. The molecule has 0 aromatic heterocycles. The molecule has 2 heteroatoms. The Hall–Kier alpha value is -1.46. The third-order valence-corrected chi connectivity index (χ3v) is 1.05. The zero-order chi connectivity index (χ0) is 6.69. The van der Waals surface area contributed by atoms with Gasteiger partial charge in [0.1, 0.15) is 0 Å². The van der Waals surface area contributed by atoms with Crippen molar-refractivity contribution in [1.29, 1.82) is 0 Å². The van der Waals surface area contributed by atoms with Crippen molar-refractivity contribution >= 4 is 5.69 Å². The minimum absolute atomic E-state index is 0. The SMILES string of the molecule is C#Cc1cccc(N)c1.N. The molecule has 0 atom stereocenters. The second-order valence-electron chi connectivity index (χ2n) is 1.77. The first-order valence-corrected chi connectivity index (χ1v) is 2.65. The molecular weight excluding hydrogens is 124 g/mol. The van der Waals surface area contributed by atoms with E-state index in [0.29, 0.717) is 5.69 Å². The lowest BCUT2D eigenvalue weighted by Crippen LogP contribution is -1.83. The lowest BCUT2D eigenvalue weighted by atomic mass is 10.2. The molecule has 0 heterocycles. The van der Waals surface area contributed by atoms with Gasteiger partial charge in [-0.05, 0) is 18.2 Å². The van der Waals surface area contributed by atoms with E-state index >= 15 is 0 Å². The van der Waals surface area contributed by atoms with Crippen LogP contribution in [0.5, 0.6) is 0 Å². The molecule has 52 valence electrons. The summed E-state index contributed by atoms with van der Waals surface area (Å²) in [6.45, 7) is 0. The molecule has 0 saturated heterocycles. The highest BCUT2D eigenvalue weighted by Gasteiger charge is 1.84. The fourth-order valence-electron chi connectivity index (χ4n) is 0.628. The molecule has 0 unspecified atom stereocenters. The van der Waals surface area contributed by atoms with Gasteiger partial charge in [-0.2, -0.15) is 0 Å². The molecule has 0 aliphatic heterocycles. The van der Waals surface area contributed by atoms with E-state index in [0.717, 1.165) is 5.56 Å². The first-order chi connectivity index (χ1) is 4.33. The standard InChI is InChI=1S/C8H7N.H3N/c1-2-7-4-3-5-8(9)6-7;/h1,3-6H,9H2;1H3. The molecule has 0 spiro atoms. The molecule has 0 fully saturated rings. The topological polar surface area (TPSA) is 61.0 Å². The van der Waals surface area contributed by atoms with Crippen LogP contribution in [0.1, 0.15) is 5.56 Å². The number of anilines is 1. The molecule has 0 amide bonds. The van der Waals surface area contributed by atoms with E-state index in [1.165, 1.54) is 0 Å². The first kappa shape index (κ1) is 8.54. The van der Waals surface area contributed by atoms with Crippen molar-refractivity contribution in [2.24, 2.45) is 0 Å². The minimum atomic E-state index is 0. The molecule has 1 rings (SSSR count). The zero-order valence-corrected chi connectivity index (χ0v) is 5.67. The van der Waals surface area contributed by atoms with Gasteiger partial charge < -0.3 is 11.9 Å². The van der Waals surface area contributed by atoms with Gasteiger partial charge in [-0.25, -0.2) is 0 Å². The number of terminal acetylenes is 1. The van der Waals surface area contributed by atoms with Gasteiger partial charge in [0, 0.05) is 11.3 Å². The fourth-order valence-corrected chi connectivity index (χ4v) is 0.628. The number of benzene rings is 1. The average molecular weight is 134 g/mol. The van der Waals surface area contributed by atoms with Crippen LogP contribution in [0, 0.1) is 12.3 Å². The molecule has 2 nitrogen and oxygen atoms in total. The highest BCUT2D eigenvalue weighted by atomic mass is 14.5. The Kier molecular flexibility index (Phi) is 3.03. The summed E-state index contributed by atoms with van der Waals surface area (Å²) in [6, 6.07) is 7.25. The lowest BCUT2D eigenvalue weighted by molar-refractivity contribution is 1.64. The van der Waals surface area contributed by atoms with E-state index in [4.69, 9.17) is 12.2 Å². The zero-order valence-electron chi connectivity index (χ0n) is 5.67. The largest absolute Gasteiger partial charge is 0.399 e. The van der Waals surface area contributed by atoms with Gasteiger partial charge >= 0.3 is 0 Å². The van der Waals surface area contributed by atoms with Crippen molar-refractivity contribution in [3.05, 3.63) is 29.8 Å². The van der Waals surface area contributed by atoms with Crippen LogP contribution >= 0.6 is 0 Å². The van der Waals surface area contributed by atoms with Crippen molar-refractivity contribution < 1.29 is 0 Å².